The fourth-order valence-corrected chi connectivity index (χ4v) is 3.79. The van der Waals surface area contributed by atoms with Gasteiger partial charge in [-0.2, -0.15) is 0 Å². The Hall–Kier alpha value is -2.32. The largest absolute Gasteiger partial charge is 0.478 e. The summed E-state index contributed by atoms with van der Waals surface area (Å²) in [6.45, 7) is 2.21. The molecule has 0 saturated carbocycles. The van der Waals surface area contributed by atoms with Gasteiger partial charge in [0.05, 0.1) is 28.6 Å². The van der Waals surface area contributed by atoms with Gasteiger partial charge in [-0.1, -0.05) is 0 Å². The maximum atomic E-state index is 12.0. The molecule has 0 atom stereocenters. The Balaban J connectivity index is 2.03. The van der Waals surface area contributed by atoms with Crippen LogP contribution in [-0.4, -0.2) is 65.6 Å². The summed E-state index contributed by atoms with van der Waals surface area (Å²) in [4.78, 5) is 27.7. The number of carboxylic acid groups (broad SMARTS) is 2. The first-order valence-corrected chi connectivity index (χ1v) is 8.95. The molecule has 1 aromatic rings. The molecule has 0 spiro atoms. The topological polar surface area (TPSA) is 127 Å². The van der Waals surface area contributed by atoms with Crippen LogP contribution >= 0.6 is 0 Å². The van der Waals surface area contributed by atoms with E-state index in [1.807, 2.05) is 9.80 Å². The number of hydrogen-bond donors (Lipinski definition) is 4. The van der Waals surface area contributed by atoms with Crippen molar-refractivity contribution < 1.29 is 24.9 Å². The second kappa shape index (κ2) is 7.51. The molecule has 1 aromatic carbocycles. The van der Waals surface area contributed by atoms with Crippen LogP contribution in [0.4, 0.5) is 11.4 Å². The summed E-state index contributed by atoms with van der Waals surface area (Å²) >= 11 is 0. The molecule has 0 unspecified atom stereocenters. The molecule has 2 saturated heterocycles. The standard InChI is InChI=1S/C18H25N3O5/c19-11-3-7-20(8-4-11)13-1-2-14(21-9-5-12(22)6-10-21)16(18(25)26)15(13)17(23)24/h1-2,11-12,22H,3-10,19H2,(H,23,24)(H,25,26). The minimum atomic E-state index is -1.25. The van der Waals surface area contributed by atoms with Gasteiger partial charge >= 0.3 is 11.9 Å². The van der Waals surface area contributed by atoms with Crippen molar-refractivity contribution in [2.75, 3.05) is 36.0 Å². The molecule has 2 fully saturated rings. The number of hydrogen-bond acceptors (Lipinski definition) is 6. The average Bonchev–Trinajstić information content (AvgIpc) is 2.61. The van der Waals surface area contributed by atoms with Crippen LogP contribution in [0.2, 0.25) is 0 Å². The average molecular weight is 363 g/mol. The van der Waals surface area contributed by atoms with E-state index >= 15 is 0 Å². The van der Waals surface area contributed by atoms with Gasteiger partial charge in [0, 0.05) is 32.2 Å². The normalized spacial score (nSPS) is 19.6. The first-order valence-electron chi connectivity index (χ1n) is 8.95. The van der Waals surface area contributed by atoms with Crippen LogP contribution < -0.4 is 15.5 Å². The maximum Gasteiger partial charge on any atom is 0.338 e. The quantitative estimate of drug-likeness (QED) is 0.623. The fourth-order valence-electron chi connectivity index (χ4n) is 3.79. The predicted molar refractivity (Wildman–Crippen MR) is 97.2 cm³/mol. The molecule has 2 aliphatic rings. The van der Waals surface area contributed by atoms with E-state index in [-0.39, 0.29) is 17.2 Å². The van der Waals surface area contributed by atoms with Crippen LogP contribution in [0.25, 0.3) is 0 Å². The van der Waals surface area contributed by atoms with Crippen molar-refractivity contribution in [2.45, 2.75) is 37.8 Å². The number of carbonyl (C=O) groups is 2. The van der Waals surface area contributed by atoms with Gasteiger partial charge in [-0.3, -0.25) is 0 Å². The summed E-state index contributed by atoms with van der Waals surface area (Å²) in [6, 6.07) is 3.49. The lowest BCUT2D eigenvalue weighted by Crippen LogP contribution is -2.41. The number of piperidine rings is 2. The smallest absolute Gasteiger partial charge is 0.338 e. The molecule has 2 heterocycles. The van der Waals surface area contributed by atoms with E-state index in [2.05, 4.69) is 0 Å². The highest BCUT2D eigenvalue weighted by Gasteiger charge is 2.31. The third kappa shape index (κ3) is 3.61. The van der Waals surface area contributed by atoms with Crippen LogP contribution in [0.5, 0.6) is 0 Å². The Morgan fingerprint density at radius 2 is 1.23 bits per heavy atom. The van der Waals surface area contributed by atoms with Crippen LogP contribution in [-0.2, 0) is 0 Å². The Labute approximate surface area is 151 Å². The molecule has 3 rings (SSSR count). The molecule has 8 heteroatoms. The zero-order chi connectivity index (χ0) is 18.8. The Kier molecular flexibility index (Phi) is 5.33. The molecule has 2 aliphatic heterocycles. The third-order valence-corrected chi connectivity index (χ3v) is 5.27. The van der Waals surface area contributed by atoms with E-state index in [4.69, 9.17) is 5.73 Å². The van der Waals surface area contributed by atoms with Gasteiger partial charge in [-0.25, -0.2) is 9.59 Å². The zero-order valence-electron chi connectivity index (χ0n) is 14.6. The van der Waals surface area contributed by atoms with E-state index in [1.165, 1.54) is 0 Å². The monoisotopic (exact) mass is 363 g/mol. The number of anilines is 2. The lowest BCUT2D eigenvalue weighted by atomic mass is 9.97. The summed E-state index contributed by atoms with van der Waals surface area (Å²) in [6.07, 6.45) is 2.16. The number of benzene rings is 1. The molecule has 0 aliphatic carbocycles. The summed E-state index contributed by atoms with van der Waals surface area (Å²) in [5, 5.41) is 29.2. The highest BCUT2D eigenvalue weighted by atomic mass is 16.4. The highest BCUT2D eigenvalue weighted by molar-refractivity contribution is 6.09. The van der Waals surface area contributed by atoms with Gasteiger partial charge in [0.25, 0.3) is 0 Å². The van der Waals surface area contributed by atoms with Crippen molar-refractivity contribution in [1.82, 2.24) is 0 Å². The van der Waals surface area contributed by atoms with E-state index < -0.39 is 18.0 Å². The molecule has 0 radical (unpaired) electrons. The molecule has 0 bridgehead atoms. The van der Waals surface area contributed by atoms with Crippen molar-refractivity contribution in [1.29, 1.82) is 0 Å². The predicted octanol–water partition coefficient (Wildman–Crippen LogP) is 0.972. The Morgan fingerprint density at radius 1 is 0.846 bits per heavy atom. The lowest BCUT2D eigenvalue weighted by molar-refractivity contribution is 0.0652. The van der Waals surface area contributed by atoms with E-state index in [0.717, 1.165) is 12.8 Å². The van der Waals surface area contributed by atoms with E-state index in [1.54, 1.807) is 12.1 Å². The number of rotatable bonds is 4. The van der Waals surface area contributed by atoms with Gasteiger partial charge in [0.2, 0.25) is 0 Å². The van der Waals surface area contributed by atoms with E-state index in [9.17, 15) is 24.9 Å². The first-order chi connectivity index (χ1) is 12.4. The van der Waals surface area contributed by atoms with Crippen molar-refractivity contribution >= 4 is 23.3 Å². The van der Waals surface area contributed by atoms with Crippen molar-refractivity contribution in [2.24, 2.45) is 5.73 Å². The Bertz CT molecular complexity index is 633. The minimum Gasteiger partial charge on any atom is -0.478 e. The molecule has 0 amide bonds. The Morgan fingerprint density at radius 3 is 1.62 bits per heavy atom. The molecule has 26 heavy (non-hydrogen) atoms. The minimum absolute atomic E-state index is 0.0949. The highest BCUT2D eigenvalue weighted by Crippen LogP contribution is 2.34. The van der Waals surface area contributed by atoms with Gasteiger partial charge in [0.1, 0.15) is 0 Å². The number of carboxylic acids is 2. The first kappa shape index (κ1) is 18.5. The summed E-state index contributed by atoms with van der Waals surface area (Å²) in [5.41, 5.74) is 6.41. The summed E-state index contributed by atoms with van der Waals surface area (Å²) < 4.78 is 0. The molecule has 5 N–H and O–H groups in total. The molecule has 0 aromatic heterocycles. The summed E-state index contributed by atoms with van der Waals surface area (Å²) in [7, 11) is 0. The molecule has 8 nitrogen and oxygen atoms in total. The zero-order valence-corrected chi connectivity index (χ0v) is 14.6. The van der Waals surface area contributed by atoms with Crippen molar-refractivity contribution in [3.05, 3.63) is 23.3 Å². The number of aliphatic hydroxyl groups excluding tert-OH is 1. The fraction of sp³-hybridized carbons (Fsp3) is 0.556. The third-order valence-electron chi connectivity index (χ3n) is 5.27. The van der Waals surface area contributed by atoms with Gasteiger partial charge in [-0.15, -0.1) is 0 Å². The second-order valence-electron chi connectivity index (χ2n) is 7.01. The van der Waals surface area contributed by atoms with Gasteiger partial charge in [-0.05, 0) is 37.8 Å². The van der Waals surface area contributed by atoms with Crippen molar-refractivity contribution in [3.63, 3.8) is 0 Å². The number of aromatic carboxylic acids is 2. The SMILES string of the molecule is NC1CCN(c2ccc(N3CCC(O)CC3)c(C(=O)O)c2C(=O)O)CC1. The number of nitrogens with two attached hydrogens (primary N) is 1. The molecular weight excluding hydrogens is 338 g/mol. The number of aliphatic hydroxyl groups is 1. The second-order valence-corrected chi connectivity index (χ2v) is 7.01. The lowest BCUT2D eigenvalue weighted by Gasteiger charge is -2.35. The number of nitrogens with zero attached hydrogens (tertiary/aromatic N) is 2. The van der Waals surface area contributed by atoms with E-state index in [0.29, 0.717) is 50.4 Å². The van der Waals surface area contributed by atoms with Crippen LogP contribution in [0, 0.1) is 0 Å². The summed E-state index contributed by atoms with van der Waals surface area (Å²) in [5.74, 6) is -2.50. The van der Waals surface area contributed by atoms with Crippen LogP contribution in [0.3, 0.4) is 0 Å². The van der Waals surface area contributed by atoms with Crippen molar-refractivity contribution in [3.8, 4) is 0 Å². The molecule has 142 valence electrons. The van der Waals surface area contributed by atoms with Crippen LogP contribution in [0.15, 0.2) is 12.1 Å². The van der Waals surface area contributed by atoms with Gasteiger partial charge in [0.15, 0.2) is 0 Å². The van der Waals surface area contributed by atoms with Crippen LogP contribution in [0.1, 0.15) is 46.4 Å². The molecular formula is C18H25N3O5. The van der Waals surface area contributed by atoms with Gasteiger partial charge < -0.3 is 30.9 Å². The maximum absolute atomic E-state index is 12.0.